The molecule has 2 aromatic rings. The summed E-state index contributed by atoms with van der Waals surface area (Å²) in [6, 6.07) is 9.92. The first-order valence-corrected chi connectivity index (χ1v) is 6.52. The summed E-state index contributed by atoms with van der Waals surface area (Å²) in [5, 5.41) is 4.90. The Morgan fingerprint density at radius 3 is 2.75 bits per heavy atom. The van der Waals surface area contributed by atoms with Gasteiger partial charge in [-0.2, -0.15) is 5.10 Å². The van der Waals surface area contributed by atoms with E-state index in [4.69, 9.17) is 11.6 Å². The van der Waals surface area contributed by atoms with E-state index >= 15 is 0 Å². The third kappa shape index (κ3) is 3.27. The molecule has 0 saturated heterocycles. The number of aryl methyl sites for hydroxylation is 1. The number of nitrogens with zero attached hydrogens (tertiary/aromatic N) is 2. The third-order valence-corrected chi connectivity index (χ3v) is 3.27. The van der Waals surface area contributed by atoms with Crippen molar-refractivity contribution in [3.8, 4) is 0 Å². The van der Waals surface area contributed by atoms with Crippen LogP contribution in [-0.2, 0) is 16.1 Å². The molecule has 0 amide bonds. The highest BCUT2D eigenvalue weighted by molar-refractivity contribution is 6.31. The number of esters is 1. The van der Waals surface area contributed by atoms with Crippen LogP contribution in [0, 0.1) is 6.92 Å². The van der Waals surface area contributed by atoms with Crippen molar-refractivity contribution in [2.45, 2.75) is 13.5 Å². The second kappa shape index (κ2) is 6.39. The van der Waals surface area contributed by atoms with Gasteiger partial charge in [0.2, 0.25) is 0 Å². The Hall–Kier alpha value is -2.07. The number of hydrogen-bond donors (Lipinski definition) is 0. The first-order valence-electron chi connectivity index (χ1n) is 6.14. The van der Waals surface area contributed by atoms with Crippen LogP contribution in [0.15, 0.2) is 36.4 Å². The molecular formula is C15H15ClN2O2. The summed E-state index contributed by atoms with van der Waals surface area (Å²) in [4.78, 5) is 11.1. The Balaban J connectivity index is 2.25. The number of halogens is 1. The lowest BCUT2D eigenvalue weighted by Gasteiger charge is -2.03. The predicted molar refractivity (Wildman–Crippen MR) is 78.6 cm³/mol. The summed E-state index contributed by atoms with van der Waals surface area (Å²) in [6.07, 6.45) is 2.96. The van der Waals surface area contributed by atoms with Gasteiger partial charge in [-0.15, -0.1) is 0 Å². The Labute approximate surface area is 122 Å². The standard InChI is InChI=1S/C15H15ClN2O2/c1-11-13(8-9-14(19)20-2)15(16)18(17-11)10-12-6-4-3-5-7-12/h3-9H,10H2,1-2H3/b9-8+. The molecule has 20 heavy (non-hydrogen) atoms. The quantitative estimate of drug-likeness (QED) is 0.642. The molecule has 0 bridgehead atoms. The monoisotopic (exact) mass is 290 g/mol. The highest BCUT2D eigenvalue weighted by Crippen LogP contribution is 2.22. The SMILES string of the molecule is COC(=O)/C=C/c1c(C)nn(Cc2ccccc2)c1Cl. The van der Waals surface area contributed by atoms with Gasteiger partial charge in [0.15, 0.2) is 0 Å². The number of methoxy groups -OCH3 is 1. The summed E-state index contributed by atoms with van der Waals surface area (Å²) in [7, 11) is 1.33. The number of benzene rings is 1. The maximum Gasteiger partial charge on any atom is 0.330 e. The maximum atomic E-state index is 11.1. The largest absolute Gasteiger partial charge is 0.466 e. The maximum absolute atomic E-state index is 11.1. The molecule has 1 aromatic heterocycles. The smallest absolute Gasteiger partial charge is 0.330 e. The molecule has 5 heteroatoms. The number of ether oxygens (including phenoxy) is 1. The number of rotatable bonds is 4. The normalized spacial score (nSPS) is 10.9. The van der Waals surface area contributed by atoms with Crippen molar-refractivity contribution < 1.29 is 9.53 Å². The molecule has 0 unspecified atom stereocenters. The van der Waals surface area contributed by atoms with Crippen LogP contribution in [0.25, 0.3) is 6.08 Å². The van der Waals surface area contributed by atoms with Crippen LogP contribution in [-0.4, -0.2) is 22.9 Å². The second-order valence-electron chi connectivity index (χ2n) is 4.29. The van der Waals surface area contributed by atoms with Gasteiger partial charge in [-0.05, 0) is 18.6 Å². The van der Waals surface area contributed by atoms with E-state index in [1.807, 2.05) is 37.3 Å². The molecule has 1 aromatic carbocycles. The van der Waals surface area contributed by atoms with Crippen LogP contribution < -0.4 is 0 Å². The minimum absolute atomic E-state index is 0.420. The van der Waals surface area contributed by atoms with Crippen molar-refractivity contribution in [1.82, 2.24) is 9.78 Å². The lowest BCUT2D eigenvalue weighted by atomic mass is 10.2. The number of carbonyl (C=O) groups is 1. The molecule has 104 valence electrons. The molecule has 0 atom stereocenters. The van der Waals surface area contributed by atoms with Crippen molar-refractivity contribution >= 4 is 23.6 Å². The predicted octanol–water partition coefficient (Wildman–Crippen LogP) is 3.08. The average Bonchev–Trinajstić information content (AvgIpc) is 2.72. The first kappa shape index (κ1) is 14.3. The molecule has 0 radical (unpaired) electrons. The minimum Gasteiger partial charge on any atom is -0.466 e. The fourth-order valence-electron chi connectivity index (χ4n) is 1.84. The van der Waals surface area contributed by atoms with E-state index in [1.54, 1.807) is 10.8 Å². The van der Waals surface area contributed by atoms with Crippen molar-refractivity contribution in [1.29, 1.82) is 0 Å². The van der Waals surface area contributed by atoms with Crippen LogP contribution in [0.3, 0.4) is 0 Å². The average molecular weight is 291 g/mol. The van der Waals surface area contributed by atoms with E-state index in [2.05, 4.69) is 9.84 Å². The molecule has 0 fully saturated rings. The van der Waals surface area contributed by atoms with Gasteiger partial charge < -0.3 is 4.74 Å². The topological polar surface area (TPSA) is 44.1 Å². The van der Waals surface area contributed by atoms with Gasteiger partial charge in [0.05, 0.1) is 19.3 Å². The van der Waals surface area contributed by atoms with Crippen LogP contribution in [0.2, 0.25) is 5.15 Å². The Morgan fingerprint density at radius 1 is 1.40 bits per heavy atom. The van der Waals surface area contributed by atoms with E-state index in [-0.39, 0.29) is 0 Å². The minimum atomic E-state index is -0.420. The van der Waals surface area contributed by atoms with Crippen molar-refractivity contribution in [2.75, 3.05) is 7.11 Å². The molecule has 0 aliphatic carbocycles. The molecule has 0 saturated carbocycles. The van der Waals surface area contributed by atoms with Gasteiger partial charge in [0.25, 0.3) is 0 Å². The summed E-state index contributed by atoms with van der Waals surface area (Å²) < 4.78 is 6.27. The zero-order valence-electron chi connectivity index (χ0n) is 11.3. The van der Waals surface area contributed by atoms with Gasteiger partial charge in [0, 0.05) is 11.6 Å². The van der Waals surface area contributed by atoms with Gasteiger partial charge in [0.1, 0.15) is 5.15 Å². The zero-order valence-corrected chi connectivity index (χ0v) is 12.1. The van der Waals surface area contributed by atoms with E-state index in [0.717, 1.165) is 16.8 Å². The molecule has 0 aliphatic rings. The van der Waals surface area contributed by atoms with Crippen molar-refractivity contribution in [3.05, 3.63) is 58.4 Å². The van der Waals surface area contributed by atoms with Crippen LogP contribution in [0.1, 0.15) is 16.8 Å². The van der Waals surface area contributed by atoms with E-state index in [9.17, 15) is 4.79 Å². The first-order chi connectivity index (χ1) is 9.61. The molecule has 2 rings (SSSR count). The molecule has 0 aliphatic heterocycles. The number of aromatic nitrogens is 2. The number of hydrogen-bond acceptors (Lipinski definition) is 3. The van der Waals surface area contributed by atoms with Crippen LogP contribution in [0.5, 0.6) is 0 Å². The van der Waals surface area contributed by atoms with Gasteiger partial charge in [-0.1, -0.05) is 41.9 Å². The molecule has 0 spiro atoms. The fourth-order valence-corrected chi connectivity index (χ4v) is 2.13. The summed E-state index contributed by atoms with van der Waals surface area (Å²) in [6.45, 7) is 2.44. The number of carbonyl (C=O) groups excluding carboxylic acids is 1. The van der Waals surface area contributed by atoms with Gasteiger partial charge in [-0.3, -0.25) is 0 Å². The Bertz CT molecular complexity index is 633. The molecule has 1 heterocycles. The second-order valence-corrected chi connectivity index (χ2v) is 4.65. The summed E-state index contributed by atoms with van der Waals surface area (Å²) in [5.74, 6) is -0.420. The Kier molecular flexibility index (Phi) is 4.58. The van der Waals surface area contributed by atoms with Crippen LogP contribution in [0.4, 0.5) is 0 Å². The van der Waals surface area contributed by atoms with E-state index in [1.165, 1.54) is 13.2 Å². The molecular weight excluding hydrogens is 276 g/mol. The third-order valence-electron chi connectivity index (χ3n) is 2.87. The molecule has 4 nitrogen and oxygen atoms in total. The van der Waals surface area contributed by atoms with Crippen LogP contribution >= 0.6 is 11.6 Å². The van der Waals surface area contributed by atoms with Crippen molar-refractivity contribution in [3.63, 3.8) is 0 Å². The van der Waals surface area contributed by atoms with E-state index in [0.29, 0.717) is 11.7 Å². The molecule has 0 N–H and O–H groups in total. The fraction of sp³-hybridized carbons (Fsp3) is 0.200. The summed E-state index contributed by atoms with van der Waals surface area (Å²) in [5.41, 5.74) is 2.61. The highest BCUT2D eigenvalue weighted by atomic mass is 35.5. The lowest BCUT2D eigenvalue weighted by Crippen LogP contribution is -2.01. The van der Waals surface area contributed by atoms with Gasteiger partial charge in [-0.25, -0.2) is 9.48 Å². The van der Waals surface area contributed by atoms with E-state index < -0.39 is 5.97 Å². The van der Waals surface area contributed by atoms with Crippen molar-refractivity contribution in [2.24, 2.45) is 0 Å². The highest BCUT2D eigenvalue weighted by Gasteiger charge is 2.11. The van der Waals surface area contributed by atoms with Gasteiger partial charge >= 0.3 is 5.97 Å². The summed E-state index contributed by atoms with van der Waals surface area (Å²) >= 11 is 6.30. The zero-order chi connectivity index (χ0) is 14.5. The lowest BCUT2D eigenvalue weighted by molar-refractivity contribution is -0.134. The Morgan fingerprint density at radius 2 is 2.10 bits per heavy atom.